The molecule has 2 atom stereocenters. The molecule has 0 unspecified atom stereocenters. The lowest BCUT2D eigenvalue weighted by atomic mass is 10.0. The molecule has 0 saturated carbocycles. The van der Waals surface area contributed by atoms with Crippen molar-refractivity contribution in [3.8, 4) is 0 Å². The number of nitrogens with zero attached hydrogens (tertiary/aromatic N) is 3. The van der Waals surface area contributed by atoms with E-state index in [0.29, 0.717) is 24.3 Å². The maximum absolute atomic E-state index is 13.4. The topological polar surface area (TPSA) is 97.4 Å². The van der Waals surface area contributed by atoms with Gasteiger partial charge in [0.1, 0.15) is 11.9 Å². The third-order valence-corrected chi connectivity index (χ3v) is 7.89. The molecule has 162 valence electrons. The minimum Gasteiger partial charge on any atom is -0.467 e. The fourth-order valence-electron chi connectivity index (χ4n) is 4.65. The second kappa shape index (κ2) is 7.26. The highest BCUT2D eigenvalue weighted by Gasteiger charge is 2.38. The average Bonchev–Trinajstić information content (AvgIpc) is 3.44. The van der Waals surface area contributed by atoms with Crippen molar-refractivity contribution >= 4 is 21.4 Å². The molecule has 5 rings (SSSR count). The van der Waals surface area contributed by atoms with Crippen LogP contribution in [0.1, 0.15) is 51.7 Å². The van der Waals surface area contributed by atoms with E-state index in [-0.39, 0.29) is 23.5 Å². The first-order valence-electron chi connectivity index (χ1n) is 10.3. The summed E-state index contributed by atoms with van der Waals surface area (Å²) in [6, 6.07) is 10.9. The number of para-hydroxylation sites is 1. The normalized spacial score (nSPS) is 22.4. The van der Waals surface area contributed by atoms with Crippen LogP contribution in [0, 0.1) is 13.8 Å². The summed E-state index contributed by atoms with van der Waals surface area (Å²) in [4.78, 5) is 15.2. The largest absolute Gasteiger partial charge is 0.467 e. The number of sulfone groups is 1. The van der Waals surface area contributed by atoms with Crippen LogP contribution < -0.4 is 5.32 Å². The Balaban J connectivity index is 1.58. The minimum atomic E-state index is -3.04. The van der Waals surface area contributed by atoms with Gasteiger partial charge in [0.2, 0.25) is 0 Å². The van der Waals surface area contributed by atoms with Gasteiger partial charge in [-0.25, -0.2) is 8.42 Å². The molecule has 3 aromatic rings. The molecule has 1 amide bonds. The Morgan fingerprint density at radius 2 is 2.00 bits per heavy atom. The van der Waals surface area contributed by atoms with Crippen molar-refractivity contribution in [1.82, 2.24) is 14.7 Å². The van der Waals surface area contributed by atoms with Gasteiger partial charge in [0.05, 0.1) is 41.6 Å². The molecule has 1 aromatic carbocycles. The van der Waals surface area contributed by atoms with Crippen LogP contribution in [0.3, 0.4) is 0 Å². The molecule has 2 aromatic heterocycles. The number of furan rings is 1. The number of benzene rings is 1. The molecular formula is C22H24N4O4S. The number of carbonyl (C=O) groups excluding carboxylic acids is 1. The van der Waals surface area contributed by atoms with Crippen molar-refractivity contribution in [1.29, 1.82) is 0 Å². The average molecular weight is 441 g/mol. The maximum Gasteiger partial charge on any atom is 0.258 e. The van der Waals surface area contributed by atoms with E-state index in [4.69, 9.17) is 9.52 Å². The van der Waals surface area contributed by atoms with Gasteiger partial charge in [-0.1, -0.05) is 12.1 Å². The van der Waals surface area contributed by atoms with Gasteiger partial charge in [0, 0.05) is 16.9 Å². The van der Waals surface area contributed by atoms with Gasteiger partial charge in [0.25, 0.3) is 5.91 Å². The molecule has 8 nitrogen and oxygen atoms in total. The number of aryl methyl sites for hydroxylation is 1. The first-order valence-corrected chi connectivity index (χ1v) is 12.1. The highest BCUT2D eigenvalue weighted by atomic mass is 32.2. The predicted molar refractivity (Wildman–Crippen MR) is 115 cm³/mol. The van der Waals surface area contributed by atoms with E-state index in [1.165, 1.54) is 0 Å². The van der Waals surface area contributed by atoms with Crippen LogP contribution in [0.25, 0.3) is 0 Å². The second-order valence-electron chi connectivity index (χ2n) is 8.19. The van der Waals surface area contributed by atoms with E-state index < -0.39 is 16.0 Å². The first-order chi connectivity index (χ1) is 14.8. The lowest BCUT2D eigenvalue weighted by Crippen LogP contribution is -2.42. The highest BCUT2D eigenvalue weighted by Crippen LogP contribution is 2.38. The van der Waals surface area contributed by atoms with Crippen molar-refractivity contribution in [2.45, 2.75) is 39.0 Å². The van der Waals surface area contributed by atoms with Gasteiger partial charge in [-0.05, 0) is 44.5 Å². The predicted octanol–water partition coefficient (Wildman–Crippen LogP) is 3.22. The lowest BCUT2D eigenvalue weighted by Gasteiger charge is -2.37. The molecule has 0 radical (unpaired) electrons. The van der Waals surface area contributed by atoms with Crippen LogP contribution in [0.15, 0.2) is 47.1 Å². The van der Waals surface area contributed by atoms with Crippen molar-refractivity contribution < 1.29 is 17.6 Å². The number of carbonyl (C=O) groups is 1. The number of anilines is 1. The fraction of sp³-hybridized carbons (Fsp3) is 0.364. The number of aromatic nitrogens is 2. The van der Waals surface area contributed by atoms with E-state index in [2.05, 4.69) is 5.32 Å². The summed E-state index contributed by atoms with van der Waals surface area (Å²) < 4.78 is 31.4. The standard InChI is InChI=1S/C22H24N4O4S/c1-14-20(15(2)26(24-14)16-9-11-31(28,29)13-16)21-23-19-8-4-3-7-18(19)22(27)25(21)12-17-6-5-10-30-17/h3-8,10,16,21,23H,9,11-13H2,1-2H3/t16-,21-/m0/s1. The van der Waals surface area contributed by atoms with Crippen LogP contribution in [0.2, 0.25) is 0 Å². The van der Waals surface area contributed by atoms with Gasteiger partial charge in [-0.3, -0.25) is 9.48 Å². The SMILES string of the molecule is Cc1nn([C@H]2CCS(=O)(=O)C2)c(C)c1[C@H]1Nc2ccccc2C(=O)N1Cc1ccco1. The van der Waals surface area contributed by atoms with E-state index >= 15 is 0 Å². The zero-order valence-corrected chi connectivity index (χ0v) is 18.2. The zero-order chi connectivity index (χ0) is 21.8. The molecule has 1 saturated heterocycles. The van der Waals surface area contributed by atoms with Crippen LogP contribution in [0.4, 0.5) is 5.69 Å². The summed E-state index contributed by atoms with van der Waals surface area (Å²) in [5.41, 5.74) is 3.90. The molecule has 31 heavy (non-hydrogen) atoms. The number of hydrogen-bond donors (Lipinski definition) is 1. The smallest absolute Gasteiger partial charge is 0.258 e. The quantitative estimate of drug-likeness (QED) is 0.669. The summed E-state index contributed by atoms with van der Waals surface area (Å²) in [7, 11) is -3.04. The third-order valence-electron chi connectivity index (χ3n) is 6.14. The van der Waals surface area contributed by atoms with Crippen LogP contribution in [0.5, 0.6) is 0 Å². The van der Waals surface area contributed by atoms with Crippen molar-refractivity contribution in [2.24, 2.45) is 0 Å². The summed E-state index contributed by atoms with van der Waals surface area (Å²) in [5, 5.41) is 8.20. The molecule has 2 aliphatic heterocycles. The summed E-state index contributed by atoms with van der Waals surface area (Å²) in [6.45, 7) is 4.15. The van der Waals surface area contributed by atoms with Gasteiger partial charge in [-0.2, -0.15) is 5.10 Å². The first kappa shape index (κ1) is 19.9. The molecule has 0 aliphatic carbocycles. The van der Waals surface area contributed by atoms with Gasteiger partial charge < -0.3 is 14.6 Å². The molecule has 4 heterocycles. The summed E-state index contributed by atoms with van der Waals surface area (Å²) in [6.07, 6.45) is 1.70. The van der Waals surface area contributed by atoms with Gasteiger partial charge >= 0.3 is 0 Å². The summed E-state index contributed by atoms with van der Waals surface area (Å²) in [5.74, 6) is 0.878. The van der Waals surface area contributed by atoms with Crippen molar-refractivity contribution in [2.75, 3.05) is 16.8 Å². The van der Waals surface area contributed by atoms with Gasteiger partial charge in [0.15, 0.2) is 9.84 Å². The van der Waals surface area contributed by atoms with E-state index in [0.717, 1.165) is 22.6 Å². The molecule has 1 N–H and O–H groups in total. The Labute approximate surface area is 180 Å². The number of amides is 1. The van der Waals surface area contributed by atoms with Crippen molar-refractivity contribution in [3.05, 3.63) is 70.9 Å². The minimum absolute atomic E-state index is 0.0919. The van der Waals surface area contributed by atoms with Crippen LogP contribution >= 0.6 is 0 Å². The van der Waals surface area contributed by atoms with Gasteiger partial charge in [-0.15, -0.1) is 0 Å². The summed E-state index contributed by atoms with van der Waals surface area (Å²) >= 11 is 0. The molecule has 2 aliphatic rings. The Kier molecular flexibility index (Phi) is 4.65. The van der Waals surface area contributed by atoms with Crippen molar-refractivity contribution in [3.63, 3.8) is 0 Å². The number of nitrogens with one attached hydrogen (secondary N) is 1. The Morgan fingerprint density at radius 1 is 1.19 bits per heavy atom. The lowest BCUT2D eigenvalue weighted by molar-refractivity contribution is 0.0650. The molecule has 9 heteroatoms. The Bertz CT molecular complexity index is 1250. The number of rotatable bonds is 4. The van der Waals surface area contributed by atoms with Crippen LogP contribution in [-0.2, 0) is 16.4 Å². The Morgan fingerprint density at radius 3 is 2.71 bits per heavy atom. The molecule has 0 spiro atoms. The zero-order valence-electron chi connectivity index (χ0n) is 17.4. The fourth-order valence-corrected chi connectivity index (χ4v) is 6.34. The molecule has 1 fully saturated rings. The number of hydrogen-bond acceptors (Lipinski definition) is 6. The molecule has 0 bridgehead atoms. The molecular weight excluding hydrogens is 416 g/mol. The second-order valence-corrected chi connectivity index (χ2v) is 10.4. The highest BCUT2D eigenvalue weighted by molar-refractivity contribution is 7.91. The van der Waals surface area contributed by atoms with E-state index in [1.807, 2.05) is 48.9 Å². The monoisotopic (exact) mass is 440 g/mol. The number of fused-ring (bicyclic) bond motifs is 1. The van der Waals surface area contributed by atoms with Crippen LogP contribution in [-0.4, -0.2) is 40.5 Å². The maximum atomic E-state index is 13.4. The Hall–Kier alpha value is -3.07. The van der Waals surface area contributed by atoms with E-state index in [1.54, 1.807) is 17.2 Å². The van der Waals surface area contributed by atoms with E-state index in [9.17, 15) is 13.2 Å². The third kappa shape index (κ3) is 3.42.